The molecule has 21 heavy (non-hydrogen) atoms. The number of aryl methyl sites for hydroxylation is 1. The summed E-state index contributed by atoms with van der Waals surface area (Å²) in [5.41, 5.74) is 10.0. The summed E-state index contributed by atoms with van der Waals surface area (Å²) in [6.45, 7) is 3.05. The van der Waals surface area contributed by atoms with Crippen LogP contribution in [0.1, 0.15) is 61.4 Å². The minimum atomic E-state index is 0.0161. The monoisotopic (exact) mass is 284 g/mol. The maximum atomic E-state index is 6.11. The molecule has 2 N–H and O–H groups in total. The first kappa shape index (κ1) is 14.3. The van der Waals surface area contributed by atoms with Gasteiger partial charge in [0.15, 0.2) is 0 Å². The van der Waals surface area contributed by atoms with E-state index in [4.69, 9.17) is 5.73 Å². The predicted molar refractivity (Wildman–Crippen MR) is 84.0 cm³/mol. The van der Waals surface area contributed by atoms with Gasteiger partial charge in [0, 0.05) is 12.5 Å². The predicted octanol–water partition coefficient (Wildman–Crippen LogP) is 3.20. The van der Waals surface area contributed by atoms with Crippen molar-refractivity contribution in [2.75, 3.05) is 0 Å². The minimum absolute atomic E-state index is 0.0161. The number of rotatable bonds is 5. The van der Waals surface area contributed by atoms with Gasteiger partial charge >= 0.3 is 0 Å². The molecule has 4 heteroatoms. The van der Waals surface area contributed by atoms with Gasteiger partial charge in [-0.05, 0) is 36.8 Å². The Morgan fingerprint density at radius 1 is 1.38 bits per heavy atom. The van der Waals surface area contributed by atoms with E-state index in [1.807, 2.05) is 10.9 Å². The fourth-order valence-corrected chi connectivity index (χ4v) is 3.30. The van der Waals surface area contributed by atoms with Gasteiger partial charge in [-0.1, -0.05) is 42.8 Å². The molecule has 0 amide bonds. The van der Waals surface area contributed by atoms with Crippen molar-refractivity contribution >= 4 is 0 Å². The van der Waals surface area contributed by atoms with Crippen LogP contribution in [0.15, 0.2) is 30.5 Å². The molecule has 2 atom stereocenters. The number of nitrogens with two attached hydrogens (primary N) is 1. The Morgan fingerprint density at radius 2 is 2.24 bits per heavy atom. The Balaban J connectivity index is 1.73. The molecular weight excluding hydrogens is 260 g/mol. The Hall–Kier alpha value is -1.68. The first-order valence-electron chi connectivity index (χ1n) is 8.01. The lowest BCUT2D eigenvalue weighted by molar-refractivity contribution is 0.449. The van der Waals surface area contributed by atoms with Gasteiger partial charge in [0.2, 0.25) is 0 Å². The highest BCUT2D eigenvalue weighted by Gasteiger charge is 2.21. The van der Waals surface area contributed by atoms with E-state index in [1.165, 1.54) is 30.4 Å². The van der Waals surface area contributed by atoms with E-state index in [0.717, 1.165) is 25.1 Å². The summed E-state index contributed by atoms with van der Waals surface area (Å²) in [5, 5.41) is 8.52. The molecule has 0 fully saturated rings. The largest absolute Gasteiger partial charge is 0.323 e. The average molecular weight is 284 g/mol. The fourth-order valence-electron chi connectivity index (χ4n) is 3.30. The van der Waals surface area contributed by atoms with Gasteiger partial charge in [-0.3, -0.25) is 4.68 Å². The molecule has 3 rings (SSSR count). The molecule has 0 bridgehead atoms. The van der Waals surface area contributed by atoms with Gasteiger partial charge in [0.1, 0.15) is 0 Å². The molecule has 4 nitrogen and oxygen atoms in total. The van der Waals surface area contributed by atoms with Gasteiger partial charge < -0.3 is 5.73 Å². The minimum Gasteiger partial charge on any atom is -0.323 e. The van der Waals surface area contributed by atoms with Crippen LogP contribution < -0.4 is 5.73 Å². The third kappa shape index (κ3) is 3.16. The second-order valence-electron chi connectivity index (χ2n) is 6.05. The van der Waals surface area contributed by atoms with Crippen LogP contribution in [0.5, 0.6) is 0 Å². The highest BCUT2D eigenvalue weighted by Crippen LogP contribution is 2.32. The van der Waals surface area contributed by atoms with Crippen molar-refractivity contribution in [3.63, 3.8) is 0 Å². The Labute approximate surface area is 126 Å². The molecule has 0 saturated heterocycles. The summed E-state index contributed by atoms with van der Waals surface area (Å²) in [5.74, 6) is 0.548. The zero-order valence-electron chi connectivity index (χ0n) is 12.7. The van der Waals surface area contributed by atoms with E-state index in [2.05, 4.69) is 41.5 Å². The molecule has 1 aromatic carbocycles. The van der Waals surface area contributed by atoms with Crippen molar-refractivity contribution in [2.24, 2.45) is 5.73 Å². The SMILES string of the molecule is CCCC(N)c1cn(CC2CCCc3ccccc32)nn1. The molecule has 2 unspecified atom stereocenters. The molecule has 0 spiro atoms. The topological polar surface area (TPSA) is 56.7 Å². The van der Waals surface area contributed by atoms with Crippen molar-refractivity contribution in [1.82, 2.24) is 15.0 Å². The number of nitrogens with zero attached hydrogens (tertiary/aromatic N) is 3. The zero-order chi connectivity index (χ0) is 14.7. The van der Waals surface area contributed by atoms with E-state index < -0.39 is 0 Å². The lowest BCUT2D eigenvalue weighted by Gasteiger charge is -2.25. The number of fused-ring (bicyclic) bond motifs is 1. The van der Waals surface area contributed by atoms with Crippen molar-refractivity contribution in [2.45, 2.75) is 57.5 Å². The summed E-state index contributed by atoms with van der Waals surface area (Å²) in [6, 6.07) is 8.81. The third-order valence-corrected chi connectivity index (χ3v) is 4.44. The molecule has 1 heterocycles. The molecule has 0 saturated carbocycles. The Kier molecular flexibility index (Phi) is 4.34. The van der Waals surface area contributed by atoms with Crippen molar-refractivity contribution in [1.29, 1.82) is 0 Å². The standard InChI is InChI=1S/C17H24N4/c1-2-6-16(18)17-12-21(20-19-17)11-14-9-5-8-13-7-3-4-10-15(13)14/h3-4,7,10,12,14,16H,2,5-6,8-9,11,18H2,1H3. The number of hydrogen-bond acceptors (Lipinski definition) is 3. The van der Waals surface area contributed by atoms with E-state index in [-0.39, 0.29) is 6.04 Å². The second kappa shape index (κ2) is 6.39. The maximum Gasteiger partial charge on any atom is 0.0994 e. The van der Waals surface area contributed by atoms with Crippen molar-refractivity contribution < 1.29 is 0 Å². The van der Waals surface area contributed by atoms with E-state index in [9.17, 15) is 0 Å². The van der Waals surface area contributed by atoms with Crippen molar-refractivity contribution in [3.05, 3.63) is 47.3 Å². The molecule has 1 aromatic heterocycles. The van der Waals surface area contributed by atoms with Crippen LogP contribution in [0.3, 0.4) is 0 Å². The average Bonchev–Trinajstić information content (AvgIpc) is 2.97. The van der Waals surface area contributed by atoms with Crippen LogP contribution in [-0.4, -0.2) is 15.0 Å². The fraction of sp³-hybridized carbons (Fsp3) is 0.529. The maximum absolute atomic E-state index is 6.11. The van der Waals surface area contributed by atoms with E-state index in [1.54, 1.807) is 0 Å². The summed E-state index contributed by atoms with van der Waals surface area (Å²) >= 11 is 0. The first-order valence-corrected chi connectivity index (χ1v) is 8.01. The molecule has 2 aromatic rings. The molecule has 0 radical (unpaired) electrons. The van der Waals surface area contributed by atoms with Gasteiger partial charge in [-0.15, -0.1) is 5.10 Å². The van der Waals surface area contributed by atoms with Crippen LogP contribution in [0.25, 0.3) is 0 Å². The van der Waals surface area contributed by atoms with Gasteiger partial charge in [-0.2, -0.15) is 0 Å². The zero-order valence-corrected chi connectivity index (χ0v) is 12.7. The Bertz CT molecular complexity index is 590. The third-order valence-electron chi connectivity index (χ3n) is 4.44. The summed E-state index contributed by atoms with van der Waals surface area (Å²) in [6.07, 6.45) is 7.76. The van der Waals surface area contributed by atoms with E-state index in [0.29, 0.717) is 5.92 Å². The molecule has 112 valence electrons. The number of hydrogen-bond donors (Lipinski definition) is 1. The molecular formula is C17H24N4. The lowest BCUT2D eigenvalue weighted by atomic mass is 9.83. The van der Waals surface area contributed by atoms with Gasteiger partial charge in [-0.25, -0.2) is 0 Å². The van der Waals surface area contributed by atoms with Crippen LogP contribution in [0.2, 0.25) is 0 Å². The Morgan fingerprint density at radius 3 is 3.10 bits per heavy atom. The summed E-state index contributed by atoms with van der Waals surface area (Å²) < 4.78 is 1.97. The van der Waals surface area contributed by atoms with Crippen LogP contribution >= 0.6 is 0 Å². The first-order chi connectivity index (χ1) is 10.3. The van der Waals surface area contributed by atoms with Gasteiger partial charge in [0.05, 0.1) is 17.9 Å². The summed E-state index contributed by atoms with van der Waals surface area (Å²) in [7, 11) is 0. The number of aromatic nitrogens is 3. The molecule has 0 aliphatic heterocycles. The van der Waals surface area contributed by atoms with E-state index >= 15 is 0 Å². The van der Waals surface area contributed by atoms with Gasteiger partial charge in [0.25, 0.3) is 0 Å². The van der Waals surface area contributed by atoms with Crippen LogP contribution in [-0.2, 0) is 13.0 Å². The molecule has 1 aliphatic carbocycles. The van der Waals surface area contributed by atoms with Crippen molar-refractivity contribution in [3.8, 4) is 0 Å². The second-order valence-corrected chi connectivity index (χ2v) is 6.05. The normalized spacial score (nSPS) is 19.2. The highest BCUT2D eigenvalue weighted by atomic mass is 15.4. The molecule has 1 aliphatic rings. The summed E-state index contributed by atoms with van der Waals surface area (Å²) in [4.78, 5) is 0. The van der Waals surface area contributed by atoms with Crippen LogP contribution in [0, 0.1) is 0 Å². The van der Waals surface area contributed by atoms with Crippen LogP contribution in [0.4, 0.5) is 0 Å². The highest BCUT2D eigenvalue weighted by molar-refractivity contribution is 5.32. The smallest absolute Gasteiger partial charge is 0.0994 e. The number of benzene rings is 1. The quantitative estimate of drug-likeness (QED) is 0.917. The lowest BCUT2D eigenvalue weighted by Crippen LogP contribution is -2.16.